The zero-order valence-corrected chi connectivity index (χ0v) is 10.5. The first-order chi connectivity index (χ1) is 7.97. The fourth-order valence-electron chi connectivity index (χ4n) is 1.98. The van der Waals surface area contributed by atoms with E-state index >= 15 is 0 Å². The molecule has 3 heteroatoms. The molecule has 1 atom stereocenters. The standard InChI is InChI=1S/C14H18NO2/c1-14(2,3)9-12-13(16)17-10-15(12)11-7-5-4-6-8-11/h4-8,10,12H,9H2,1-3H3/q+1. The van der Waals surface area contributed by atoms with Crippen LogP contribution in [-0.4, -0.2) is 23.0 Å². The molecular weight excluding hydrogens is 214 g/mol. The van der Waals surface area contributed by atoms with E-state index in [1.807, 2.05) is 34.9 Å². The SMILES string of the molecule is CC(C)(C)CC1C(=O)OC=[N+]1c1ccccc1. The summed E-state index contributed by atoms with van der Waals surface area (Å²) >= 11 is 0. The van der Waals surface area contributed by atoms with Gasteiger partial charge >= 0.3 is 12.4 Å². The van der Waals surface area contributed by atoms with Crippen LogP contribution in [0.25, 0.3) is 0 Å². The maximum Gasteiger partial charge on any atom is 0.385 e. The van der Waals surface area contributed by atoms with Gasteiger partial charge in [-0.25, -0.2) is 4.79 Å². The number of carbonyl (C=O) groups excluding carboxylic acids is 1. The average Bonchev–Trinajstić information content (AvgIpc) is 2.60. The van der Waals surface area contributed by atoms with Crippen LogP contribution in [0, 0.1) is 5.41 Å². The van der Waals surface area contributed by atoms with E-state index in [-0.39, 0.29) is 17.4 Å². The van der Waals surface area contributed by atoms with E-state index in [1.165, 1.54) is 6.40 Å². The number of para-hydroxylation sites is 1. The normalized spacial score (nSPS) is 20.1. The summed E-state index contributed by atoms with van der Waals surface area (Å²) in [5.74, 6) is -0.163. The van der Waals surface area contributed by atoms with E-state index in [0.29, 0.717) is 0 Å². The smallest absolute Gasteiger partial charge is 0.371 e. The molecule has 0 spiro atoms. The average molecular weight is 232 g/mol. The molecule has 1 heterocycles. The minimum absolute atomic E-state index is 0.0922. The van der Waals surface area contributed by atoms with E-state index in [2.05, 4.69) is 20.8 Å². The predicted molar refractivity (Wildman–Crippen MR) is 66.4 cm³/mol. The Kier molecular flexibility index (Phi) is 3.01. The molecular formula is C14H18NO2+. The van der Waals surface area contributed by atoms with Crippen molar-refractivity contribution < 1.29 is 14.1 Å². The van der Waals surface area contributed by atoms with Crippen LogP contribution in [0.4, 0.5) is 5.69 Å². The van der Waals surface area contributed by atoms with E-state index in [1.54, 1.807) is 0 Å². The summed E-state index contributed by atoms with van der Waals surface area (Å²) in [5.41, 5.74) is 1.09. The Morgan fingerprint density at radius 1 is 1.24 bits per heavy atom. The fourth-order valence-corrected chi connectivity index (χ4v) is 1.98. The van der Waals surface area contributed by atoms with Crippen LogP contribution in [0.5, 0.6) is 0 Å². The molecule has 1 aliphatic rings. The number of hydrogen-bond donors (Lipinski definition) is 0. The van der Waals surface area contributed by atoms with Crippen molar-refractivity contribution in [3.63, 3.8) is 0 Å². The van der Waals surface area contributed by atoms with Gasteiger partial charge in [-0.15, -0.1) is 0 Å². The molecule has 1 unspecified atom stereocenters. The molecule has 1 aliphatic heterocycles. The molecule has 1 aromatic rings. The maximum absolute atomic E-state index is 11.7. The monoisotopic (exact) mass is 232 g/mol. The highest BCUT2D eigenvalue weighted by Crippen LogP contribution is 2.27. The lowest BCUT2D eigenvalue weighted by Crippen LogP contribution is -2.30. The van der Waals surface area contributed by atoms with Crippen LogP contribution < -0.4 is 0 Å². The predicted octanol–water partition coefficient (Wildman–Crippen LogP) is 2.72. The molecule has 1 aromatic carbocycles. The second-order valence-electron chi connectivity index (χ2n) is 5.57. The van der Waals surface area contributed by atoms with Gasteiger partial charge in [0.1, 0.15) is 0 Å². The Bertz CT molecular complexity index is 443. The second kappa shape index (κ2) is 4.32. The topological polar surface area (TPSA) is 29.3 Å². The number of ether oxygens (including phenoxy) is 1. The maximum atomic E-state index is 11.7. The number of esters is 1. The first kappa shape index (κ1) is 11.8. The molecule has 0 fully saturated rings. The van der Waals surface area contributed by atoms with Crippen molar-refractivity contribution in [2.24, 2.45) is 5.41 Å². The van der Waals surface area contributed by atoms with Gasteiger partial charge in [0, 0.05) is 18.6 Å². The lowest BCUT2D eigenvalue weighted by atomic mass is 9.88. The highest BCUT2D eigenvalue weighted by Gasteiger charge is 2.41. The molecule has 0 bridgehead atoms. The Hall–Kier alpha value is -1.64. The van der Waals surface area contributed by atoms with E-state index in [4.69, 9.17) is 4.74 Å². The summed E-state index contributed by atoms with van der Waals surface area (Å²) in [5, 5.41) is 0. The van der Waals surface area contributed by atoms with Crippen molar-refractivity contribution in [3.05, 3.63) is 30.3 Å². The van der Waals surface area contributed by atoms with Gasteiger partial charge in [0.15, 0.2) is 0 Å². The summed E-state index contributed by atoms with van der Waals surface area (Å²) in [7, 11) is 0. The van der Waals surface area contributed by atoms with E-state index in [0.717, 1.165) is 12.1 Å². The number of nitrogens with zero attached hydrogens (tertiary/aromatic N) is 1. The van der Waals surface area contributed by atoms with Gasteiger partial charge in [0.05, 0.1) is 0 Å². The largest absolute Gasteiger partial charge is 0.385 e. The number of rotatable bonds is 2. The lowest BCUT2D eigenvalue weighted by Gasteiger charge is -2.18. The molecule has 0 saturated carbocycles. The minimum atomic E-state index is -0.211. The van der Waals surface area contributed by atoms with Gasteiger partial charge in [0.2, 0.25) is 5.69 Å². The molecule has 2 rings (SSSR count). The van der Waals surface area contributed by atoms with Gasteiger partial charge in [-0.05, 0) is 5.41 Å². The summed E-state index contributed by atoms with van der Waals surface area (Å²) < 4.78 is 6.95. The molecule has 90 valence electrons. The molecule has 0 aliphatic carbocycles. The van der Waals surface area contributed by atoms with Gasteiger partial charge in [-0.2, -0.15) is 4.58 Å². The van der Waals surface area contributed by atoms with Crippen LogP contribution in [-0.2, 0) is 9.53 Å². The van der Waals surface area contributed by atoms with Crippen LogP contribution in [0.1, 0.15) is 27.2 Å². The summed E-state index contributed by atoms with van der Waals surface area (Å²) in [6.07, 6.45) is 2.30. The number of hydrogen-bond acceptors (Lipinski definition) is 2. The van der Waals surface area contributed by atoms with Gasteiger partial charge in [0.25, 0.3) is 6.04 Å². The third kappa shape index (κ3) is 2.73. The van der Waals surface area contributed by atoms with Crippen LogP contribution in [0.3, 0.4) is 0 Å². The van der Waals surface area contributed by atoms with Crippen molar-refractivity contribution in [3.8, 4) is 0 Å². The highest BCUT2D eigenvalue weighted by atomic mass is 16.5. The first-order valence-corrected chi connectivity index (χ1v) is 5.85. The summed E-state index contributed by atoms with van der Waals surface area (Å²) in [6.45, 7) is 6.38. The number of carbonyl (C=O) groups is 1. The molecule has 0 radical (unpaired) electrons. The first-order valence-electron chi connectivity index (χ1n) is 5.85. The van der Waals surface area contributed by atoms with E-state index < -0.39 is 0 Å². The van der Waals surface area contributed by atoms with E-state index in [9.17, 15) is 4.79 Å². The van der Waals surface area contributed by atoms with Gasteiger partial charge in [-0.1, -0.05) is 39.0 Å². The summed E-state index contributed by atoms with van der Waals surface area (Å²) in [4.78, 5) is 11.7. The molecule has 0 aromatic heterocycles. The minimum Gasteiger partial charge on any atom is -0.371 e. The zero-order valence-electron chi connectivity index (χ0n) is 10.5. The third-order valence-corrected chi connectivity index (χ3v) is 2.75. The Morgan fingerprint density at radius 2 is 1.88 bits per heavy atom. The van der Waals surface area contributed by atoms with Crippen LogP contribution in [0.15, 0.2) is 30.3 Å². The Morgan fingerprint density at radius 3 is 2.47 bits per heavy atom. The molecule has 0 amide bonds. The quantitative estimate of drug-likeness (QED) is 0.579. The Labute approximate surface area is 102 Å². The van der Waals surface area contributed by atoms with Crippen molar-refractivity contribution >= 4 is 18.1 Å². The van der Waals surface area contributed by atoms with Gasteiger partial charge in [-0.3, -0.25) is 0 Å². The Balaban J connectivity index is 2.25. The van der Waals surface area contributed by atoms with Gasteiger partial charge < -0.3 is 4.74 Å². The fraction of sp³-hybridized carbons (Fsp3) is 0.429. The lowest BCUT2D eigenvalue weighted by molar-refractivity contribution is -0.463. The van der Waals surface area contributed by atoms with Crippen molar-refractivity contribution in [2.45, 2.75) is 33.2 Å². The second-order valence-corrected chi connectivity index (χ2v) is 5.57. The van der Waals surface area contributed by atoms with Crippen LogP contribution >= 0.6 is 0 Å². The number of benzene rings is 1. The van der Waals surface area contributed by atoms with Crippen molar-refractivity contribution in [1.82, 2.24) is 0 Å². The summed E-state index contributed by atoms with van der Waals surface area (Å²) in [6, 6.07) is 9.63. The molecule has 0 saturated heterocycles. The molecule has 3 nitrogen and oxygen atoms in total. The zero-order chi connectivity index (χ0) is 12.5. The van der Waals surface area contributed by atoms with Crippen LogP contribution in [0.2, 0.25) is 0 Å². The van der Waals surface area contributed by atoms with Crippen molar-refractivity contribution in [1.29, 1.82) is 0 Å². The van der Waals surface area contributed by atoms with Crippen molar-refractivity contribution in [2.75, 3.05) is 0 Å². The highest BCUT2D eigenvalue weighted by molar-refractivity contribution is 5.84. The third-order valence-electron chi connectivity index (χ3n) is 2.75. The number of cyclic esters (lactones) is 1. The molecule has 0 N–H and O–H groups in total. The molecule has 17 heavy (non-hydrogen) atoms.